The number of carbonyl (C=O) groups is 1. The Hall–Kier alpha value is -3.27. The number of piperazine rings is 1. The lowest BCUT2D eigenvalue weighted by Gasteiger charge is -2.36. The highest BCUT2D eigenvalue weighted by Gasteiger charge is 2.28. The van der Waals surface area contributed by atoms with Crippen LogP contribution in [0.15, 0.2) is 58.2 Å². The van der Waals surface area contributed by atoms with Crippen LogP contribution in [0.25, 0.3) is 0 Å². The Kier molecular flexibility index (Phi) is 5.85. The van der Waals surface area contributed by atoms with E-state index in [4.69, 9.17) is 13.9 Å². The number of nitrogens with zero attached hydrogens (tertiary/aromatic N) is 4. The number of halogens is 1. The lowest BCUT2D eigenvalue weighted by Crippen LogP contribution is -2.49. The summed E-state index contributed by atoms with van der Waals surface area (Å²) in [6, 6.07) is 14.1. The monoisotopic (exact) mass is 456 g/mol. The van der Waals surface area contributed by atoms with Crippen LogP contribution in [0.3, 0.4) is 0 Å². The number of rotatable bonds is 5. The van der Waals surface area contributed by atoms with Crippen LogP contribution < -0.4 is 14.4 Å². The van der Waals surface area contributed by atoms with Gasteiger partial charge in [-0.2, -0.15) is 0 Å². The Labute approximate surface area is 188 Å². The average Bonchev–Trinajstić information content (AvgIpc) is 3.32. The maximum absolute atomic E-state index is 14.0. The smallest absolute Gasteiger partial charge is 0.277 e. The molecule has 1 fully saturated rings. The Bertz CT molecular complexity index is 1100. The Morgan fingerprint density at radius 1 is 1.03 bits per heavy atom. The number of ether oxygens (including phenoxy) is 2. The number of anilines is 1. The van der Waals surface area contributed by atoms with Crippen LogP contribution in [-0.4, -0.2) is 59.5 Å². The van der Waals surface area contributed by atoms with Crippen LogP contribution in [0.5, 0.6) is 11.5 Å². The van der Waals surface area contributed by atoms with Gasteiger partial charge in [0.1, 0.15) is 12.4 Å². The molecule has 0 bridgehead atoms. The van der Waals surface area contributed by atoms with E-state index in [2.05, 4.69) is 10.2 Å². The van der Waals surface area contributed by atoms with E-state index in [-0.39, 0.29) is 24.1 Å². The van der Waals surface area contributed by atoms with Crippen molar-refractivity contribution in [3.63, 3.8) is 0 Å². The Balaban J connectivity index is 1.12. The highest BCUT2D eigenvalue weighted by molar-refractivity contribution is 7.99. The van der Waals surface area contributed by atoms with Crippen LogP contribution in [0.4, 0.5) is 10.1 Å². The number of hydrogen-bond donors (Lipinski definition) is 0. The molecule has 32 heavy (non-hydrogen) atoms. The molecule has 8 nitrogen and oxygen atoms in total. The molecule has 3 heterocycles. The molecule has 0 unspecified atom stereocenters. The van der Waals surface area contributed by atoms with Crippen LogP contribution in [0.2, 0.25) is 0 Å². The molecule has 10 heteroatoms. The SMILES string of the molecule is O=C(CSc1nnc([C@@H]2COc3ccccc3O2)o1)N1CCN(c2ccccc2F)CC1. The number of benzene rings is 2. The van der Waals surface area contributed by atoms with Gasteiger partial charge in [-0.3, -0.25) is 4.79 Å². The summed E-state index contributed by atoms with van der Waals surface area (Å²) in [5.41, 5.74) is 0.573. The fraction of sp³-hybridized carbons (Fsp3) is 0.318. The van der Waals surface area contributed by atoms with Crippen molar-refractivity contribution >= 4 is 23.4 Å². The van der Waals surface area contributed by atoms with Gasteiger partial charge in [-0.25, -0.2) is 4.39 Å². The molecule has 1 saturated heterocycles. The van der Waals surface area contributed by atoms with Gasteiger partial charge in [0, 0.05) is 26.2 Å². The zero-order valence-corrected chi connectivity index (χ0v) is 18.0. The minimum Gasteiger partial charge on any atom is -0.485 e. The lowest BCUT2D eigenvalue weighted by atomic mass is 10.2. The molecule has 5 rings (SSSR count). The first kappa shape index (κ1) is 20.6. The van der Waals surface area contributed by atoms with E-state index in [0.717, 1.165) is 0 Å². The molecular weight excluding hydrogens is 435 g/mol. The lowest BCUT2D eigenvalue weighted by molar-refractivity contribution is -0.128. The first-order valence-corrected chi connectivity index (χ1v) is 11.3. The minimum absolute atomic E-state index is 0.0193. The molecule has 0 aliphatic carbocycles. The molecule has 0 radical (unpaired) electrons. The van der Waals surface area contributed by atoms with E-state index >= 15 is 0 Å². The van der Waals surface area contributed by atoms with Gasteiger partial charge in [-0.05, 0) is 24.3 Å². The predicted molar refractivity (Wildman–Crippen MR) is 116 cm³/mol. The van der Waals surface area contributed by atoms with E-state index in [9.17, 15) is 9.18 Å². The van der Waals surface area contributed by atoms with E-state index in [1.54, 1.807) is 17.0 Å². The summed E-state index contributed by atoms with van der Waals surface area (Å²) >= 11 is 1.19. The third kappa shape index (κ3) is 4.36. The second kappa shape index (κ2) is 9.07. The summed E-state index contributed by atoms with van der Waals surface area (Å²) in [5.74, 6) is 1.54. The summed E-state index contributed by atoms with van der Waals surface area (Å²) in [5, 5.41) is 8.37. The molecular formula is C22H21FN4O4S. The van der Waals surface area contributed by atoms with Crippen molar-refractivity contribution in [2.75, 3.05) is 43.4 Å². The number of fused-ring (bicyclic) bond motifs is 1. The first-order chi connectivity index (χ1) is 15.7. The molecule has 0 N–H and O–H groups in total. The quantitative estimate of drug-likeness (QED) is 0.542. The summed E-state index contributed by atoms with van der Waals surface area (Å²) in [6.07, 6.45) is -0.492. The fourth-order valence-electron chi connectivity index (χ4n) is 3.67. The summed E-state index contributed by atoms with van der Waals surface area (Å²) in [6.45, 7) is 2.52. The topological polar surface area (TPSA) is 80.9 Å². The van der Waals surface area contributed by atoms with Crippen molar-refractivity contribution < 1.29 is 23.1 Å². The number of aromatic nitrogens is 2. The number of para-hydroxylation sites is 3. The van der Waals surface area contributed by atoms with Crippen molar-refractivity contribution in [1.29, 1.82) is 0 Å². The van der Waals surface area contributed by atoms with Crippen molar-refractivity contribution in [2.45, 2.75) is 11.3 Å². The Morgan fingerprint density at radius 2 is 1.78 bits per heavy atom. The summed E-state index contributed by atoms with van der Waals surface area (Å²) in [4.78, 5) is 16.3. The van der Waals surface area contributed by atoms with Gasteiger partial charge in [0.25, 0.3) is 11.1 Å². The van der Waals surface area contributed by atoms with Gasteiger partial charge < -0.3 is 23.7 Å². The third-order valence-corrected chi connectivity index (χ3v) is 6.15. The number of carbonyl (C=O) groups excluding carboxylic acids is 1. The molecule has 1 aromatic heterocycles. The molecule has 2 aromatic carbocycles. The molecule has 1 atom stereocenters. The van der Waals surface area contributed by atoms with E-state index in [1.165, 1.54) is 17.8 Å². The third-order valence-electron chi connectivity index (χ3n) is 5.35. The highest BCUT2D eigenvalue weighted by atomic mass is 32.2. The van der Waals surface area contributed by atoms with Gasteiger partial charge in [-0.1, -0.05) is 36.0 Å². The molecule has 3 aromatic rings. The van der Waals surface area contributed by atoms with Crippen molar-refractivity contribution in [2.24, 2.45) is 0 Å². The van der Waals surface area contributed by atoms with Crippen LogP contribution in [-0.2, 0) is 4.79 Å². The van der Waals surface area contributed by atoms with Gasteiger partial charge >= 0.3 is 0 Å². The second-order valence-corrected chi connectivity index (χ2v) is 8.30. The molecule has 0 saturated carbocycles. The van der Waals surface area contributed by atoms with Crippen molar-refractivity contribution in [1.82, 2.24) is 15.1 Å². The maximum Gasteiger partial charge on any atom is 0.277 e. The summed E-state index contributed by atoms with van der Waals surface area (Å²) in [7, 11) is 0. The molecule has 166 valence electrons. The minimum atomic E-state index is -0.492. The van der Waals surface area contributed by atoms with Crippen molar-refractivity contribution in [3.05, 3.63) is 60.2 Å². The van der Waals surface area contributed by atoms with Gasteiger partial charge in [0.2, 0.25) is 12.0 Å². The standard InChI is InChI=1S/C22H21FN4O4S/c23-15-5-1-2-6-16(15)26-9-11-27(12-10-26)20(28)14-32-22-25-24-21(31-22)19-13-29-17-7-3-4-8-18(17)30-19/h1-8,19H,9-14H2/t19-/m0/s1. The largest absolute Gasteiger partial charge is 0.485 e. The molecule has 0 spiro atoms. The molecule has 1 amide bonds. The highest BCUT2D eigenvalue weighted by Crippen LogP contribution is 2.36. The molecule has 2 aliphatic rings. The molecule has 2 aliphatic heterocycles. The fourth-order valence-corrected chi connectivity index (χ4v) is 4.34. The number of thioether (sulfide) groups is 1. The number of amides is 1. The van der Waals surface area contributed by atoms with E-state index < -0.39 is 6.10 Å². The normalized spacial score (nSPS) is 18.0. The van der Waals surface area contributed by atoms with Gasteiger partial charge in [0.15, 0.2) is 11.5 Å². The zero-order valence-electron chi connectivity index (χ0n) is 17.1. The van der Waals surface area contributed by atoms with E-state index in [1.807, 2.05) is 35.2 Å². The first-order valence-electron chi connectivity index (χ1n) is 10.3. The van der Waals surface area contributed by atoms with Gasteiger partial charge in [0.05, 0.1) is 11.4 Å². The zero-order chi connectivity index (χ0) is 21.9. The van der Waals surface area contributed by atoms with E-state index in [0.29, 0.717) is 54.5 Å². The van der Waals surface area contributed by atoms with Crippen LogP contribution in [0, 0.1) is 5.82 Å². The van der Waals surface area contributed by atoms with Gasteiger partial charge in [-0.15, -0.1) is 10.2 Å². The van der Waals surface area contributed by atoms with Crippen molar-refractivity contribution in [3.8, 4) is 11.5 Å². The average molecular weight is 456 g/mol. The number of hydrogen-bond acceptors (Lipinski definition) is 8. The second-order valence-electron chi connectivity index (χ2n) is 7.38. The predicted octanol–water partition coefficient (Wildman–Crippen LogP) is 3.16. The summed E-state index contributed by atoms with van der Waals surface area (Å²) < 4.78 is 31.2. The van der Waals surface area contributed by atoms with Crippen LogP contribution >= 0.6 is 11.8 Å². The Morgan fingerprint density at radius 3 is 2.59 bits per heavy atom. The maximum atomic E-state index is 14.0. The van der Waals surface area contributed by atoms with Crippen LogP contribution in [0.1, 0.15) is 12.0 Å².